The Kier molecular flexibility index (Phi) is 7.37. The minimum Gasteiger partial charge on any atom is -0.479 e. The van der Waals surface area contributed by atoms with E-state index in [0.29, 0.717) is 12.2 Å². The van der Waals surface area contributed by atoms with Crippen LogP contribution >= 0.6 is 0 Å². The summed E-state index contributed by atoms with van der Waals surface area (Å²) in [5.41, 5.74) is 6.84. The Morgan fingerprint density at radius 2 is 2.00 bits per heavy atom. The van der Waals surface area contributed by atoms with Crippen LogP contribution in [0.5, 0.6) is 11.6 Å². The number of amides is 1. The highest BCUT2D eigenvalue weighted by molar-refractivity contribution is 5.93. The average Bonchev–Trinajstić information content (AvgIpc) is 2.70. The van der Waals surface area contributed by atoms with E-state index in [1.165, 1.54) is 6.07 Å². The fourth-order valence-corrected chi connectivity index (χ4v) is 2.44. The second kappa shape index (κ2) is 9.94. The van der Waals surface area contributed by atoms with Crippen molar-refractivity contribution in [2.45, 2.75) is 32.9 Å². The fraction of sp³-hybridized carbons (Fsp3) is 0.300. The van der Waals surface area contributed by atoms with Crippen LogP contribution in [0.3, 0.4) is 0 Å². The first kappa shape index (κ1) is 21.5. The number of hydrogen-bond acceptors (Lipinski definition) is 7. The summed E-state index contributed by atoms with van der Waals surface area (Å²) in [5.74, 6) is -1.05. The standard InChI is InChI=1S/C20H22N4O5/c1-3-17(20(26)27)29-13-7-5-12(6-8-13)11-23-18(25)16-9-15(22)14(10-21)19(24-16)28-4-2/h5-9,17H,3-4,11H2,1-2H3,(H2,22,24)(H,23,25)(H,26,27). The first-order valence-corrected chi connectivity index (χ1v) is 8.99. The number of nitrogens with one attached hydrogen (secondary N) is 1. The van der Waals surface area contributed by atoms with Crippen molar-refractivity contribution < 1.29 is 24.2 Å². The number of nitrogens with zero attached hydrogens (tertiary/aromatic N) is 2. The Labute approximate surface area is 168 Å². The predicted molar refractivity (Wildman–Crippen MR) is 104 cm³/mol. The maximum absolute atomic E-state index is 12.4. The van der Waals surface area contributed by atoms with E-state index in [9.17, 15) is 9.59 Å². The third kappa shape index (κ3) is 5.59. The van der Waals surface area contributed by atoms with Crippen molar-refractivity contribution in [1.29, 1.82) is 5.26 Å². The lowest BCUT2D eigenvalue weighted by atomic mass is 10.2. The molecule has 0 aliphatic carbocycles. The highest BCUT2D eigenvalue weighted by atomic mass is 16.5. The summed E-state index contributed by atoms with van der Waals surface area (Å²) < 4.78 is 10.7. The van der Waals surface area contributed by atoms with Crippen LogP contribution in [0.2, 0.25) is 0 Å². The molecule has 1 amide bonds. The zero-order valence-corrected chi connectivity index (χ0v) is 16.1. The number of carboxylic acid groups (broad SMARTS) is 1. The number of pyridine rings is 1. The summed E-state index contributed by atoms with van der Waals surface area (Å²) in [4.78, 5) is 27.5. The molecular formula is C20H22N4O5. The van der Waals surface area contributed by atoms with Crippen LogP contribution in [0.25, 0.3) is 0 Å². The Morgan fingerprint density at radius 1 is 1.31 bits per heavy atom. The lowest BCUT2D eigenvalue weighted by molar-refractivity contribution is -0.145. The van der Waals surface area contributed by atoms with Crippen LogP contribution in [-0.4, -0.2) is 34.7 Å². The van der Waals surface area contributed by atoms with Crippen LogP contribution in [0.4, 0.5) is 5.69 Å². The molecule has 1 atom stereocenters. The van der Waals surface area contributed by atoms with Crippen molar-refractivity contribution in [2.24, 2.45) is 0 Å². The molecule has 0 saturated heterocycles. The van der Waals surface area contributed by atoms with Gasteiger partial charge in [-0.05, 0) is 37.1 Å². The van der Waals surface area contributed by atoms with Crippen LogP contribution in [-0.2, 0) is 11.3 Å². The molecule has 0 aliphatic rings. The first-order chi connectivity index (χ1) is 13.9. The van der Waals surface area contributed by atoms with Gasteiger partial charge in [-0.25, -0.2) is 9.78 Å². The number of benzene rings is 1. The first-order valence-electron chi connectivity index (χ1n) is 8.99. The van der Waals surface area contributed by atoms with Crippen molar-refractivity contribution >= 4 is 17.6 Å². The molecule has 4 N–H and O–H groups in total. The van der Waals surface area contributed by atoms with Crippen LogP contribution < -0.4 is 20.5 Å². The maximum Gasteiger partial charge on any atom is 0.344 e. The van der Waals surface area contributed by atoms with E-state index in [2.05, 4.69) is 10.3 Å². The number of carbonyl (C=O) groups excluding carboxylic acids is 1. The lowest BCUT2D eigenvalue weighted by Crippen LogP contribution is -2.26. The lowest BCUT2D eigenvalue weighted by Gasteiger charge is -2.13. The summed E-state index contributed by atoms with van der Waals surface area (Å²) in [6, 6.07) is 9.94. The van der Waals surface area contributed by atoms with Gasteiger partial charge in [-0.2, -0.15) is 5.26 Å². The number of aromatic nitrogens is 1. The summed E-state index contributed by atoms with van der Waals surface area (Å²) >= 11 is 0. The number of nitrogen functional groups attached to an aromatic ring is 1. The predicted octanol–water partition coefficient (Wildman–Crippen LogP) is 2.11. The van der Waals surface area contributed by atoms with Gasteiger partial charge >= 0.3 is 5.97 Å². The van der Waals surface area contributed by atoms with E-state index >= 15 is 0 Å². The summed E-state index contributed by atoms with van der Waals surface area (Å²) in [6.07, 6.45) is -0.564. The normalized spacial score (nSPS) is 11.2. The molecule has 0 radical (unpaired) electrons. The van der Waals surface area contributed by atoms with Gasteiger partial charge in [0.15, 0.2) is 6.10 Å². The van der Waals surface area contributed by atoms with E-state index in [1.54, 1.807) is 38.1 Å². The highest BCUT2D eigenvalue weighted by Crippen LogP contribution is 2.23. The number of ether oxygens (including phenoxy) is 2. The molecule has 1 aromatic carbocycles. The minimum absolute atomic E-state index is 0.0190. The molecule has 1 unspecified atom stereocenters. The number of anilines is 1. The van der Waals surface area contributed by atoms with E-state index in [4.69, 9.17) is 25.6 Å². The SMILES string of the molecule is CCOc1nc(C(=O)NCc2ccc(OC(CC)C(=O)O)cc2)cc(N)c1C#N. The molecule has 152 valence electrons. The molecule has 0 bridgehead atoms. The fourth-order valence-electron chi connectivity index (χ4n) is 2.44. The molecule has 0 saturated carbocycles. The Bertz CT molecular complexity index is 922. The van der Waals surface area contributed by atoms with Crippen molar-refractivity contribution in [2.75, 3.05) is 12.3 Å². The molecule has 1 heterocycles. The van der Waals surface area contributed by atoms with Crippen molar-refractivity contribution in [3.8, 4) is 17.7 Å². The second-order valence-electron chi connectivity index (χ2n) is 6.00. The summed E-state index contributed by atoms with van der Waals surface area (Å²) in [5, 5.41) is 20.9. The van der Waals surface area contributed by atoms with Crippen molar-refractivity contribution in [3.05, 3.63) is 47.2 Å². The van der Waals surface area contributed by atoms with Gasteiger partial charge in [0.2, 0.25) is 5.88 Å². The third-order valence-corrected chi connectivity index (χ3v) is 3.94. The van der Waals surface area contributed by atoms with Gasteiger partial charge in [-0.1, -0.05) is 19.1 Å². The minimum atomic E-state index is -1.02. The van der Waals surface area contributed by atoms with Gasteiger partial charge in [-0.3, -0.25) is 4.79 Å². The molecule has 9 heteroatoms. The van der Waals surface area contributed by atoms with E-state index in [0.717, 1.165) is 5.56 Å². The van der Waals surface area contributed by atoms with E-state index < -0.39 is 18.0 Å². The quantitative estimate of drug-likeness (QED) is 0.582. The largest absolute Gasteiger partial charge is 0.479 e. The molecule has 2 aromatic rings. The number of nitriles is 1. The zero-order valence-electron chi connectivity index (χ0n) is 16.1. The molecule has 0 aliphatic heterocycles. The van der Waals surface area contributed by atoms with Gasteiger partial charge in [0.05, 0.1) is 12.3 Å². The Hall–Kier alpha value is -3.80. The van der Waals surface area contributed by atoms with E-state index in [1.807, 2.05) is 6.07 Å². The Balaban J connectivity index is 2.04. The zero-order chi connectivity index (χ0) is 21.4. The van der Waals surface area contributed by atoms with Gasteiger partial charge in [0.1, 0.15) is 23.1 Å². The molecule has 1 aromatic heterocycles. The number of carboxylic acids is 1. The number of rotatable bonds is 9. The van der Waals surface area contributed by atoms with Crippen LogP contribution in [0.15, 0.2) is 30.3 Å². The number of nitrogens with two attached hydrogens (primary N) is 1. The van der Waals surface area contributed by atoms with Gasteiger partial charge in [0, 0.05) is 6.54 Å². The molecule has 0 spiro atoms. The van der Waals surface area contributed by atoms with Crippen LogP contribution in [0.1, 0.15) is 41.9 Å². The maximum atomic E-state index is 12.4. The smallest absolute Gasteiger partial charge is 0.344 e. The van der Waals surface area contributed by atoms with E-state index in [-0.39, 0.29) is 36.0 Å². The number of aliphatic carboxylic acids is 1. The number of carbonyl (C=O) groups is 2. The third-order valence-electron chi connectivity index (χ3n) is 3.94. The number of hydrogen-bond donors (Lipinski definition) is 3. The molecule has 29 heavy (non-hydrogen) atoms. The van der Waals surface area contributed by atoms with Crippen molar-refractivity contribution in [3.63, 3.8) is 0 Å². The monoisotopic (exact) mass is 398 g/mol. The average molecular weight is 398 g/mol. The molecule has 0 fully saturated rings. The van der Waals surface area contributed by atoms with Crippen molar-refractivity contribution in [1.82, 2.24) is 10.3 Å². The molecule has 2 rings (SSSR count). The van der Waals surface area contributed by atoms with Gasteiger partial charge in [0.25, 0.3) is 5.91 Å². The highest BCUT2D eigenvalue weighted by Gasteiger charge is 2.17. The molecular weight excluding hydrogens is 376 g/mol. The topological polar surface area (TPSA) is 148 Å². The Morgan fingerprint density at radius 3 is 2.55 bits per heavy atom. The summed E-state index contributed by atoms with van der Waals surface area (Å²) in [6.45, 7) is 3.95. The van der Waals surface area contributed by atoms with Gasteiger partial charge in [-0.15, -0.1) is 0 Å². The summed E-state index contributed by atoms with van der Waals surface area (Å²) in [7, 11) is 0. The van der Waals surface area contributed by atoms with Crippen LogP contribution in [0, 0.1) is 11.3 Å². The van der Waals surface area contributed by atoms with Gasteiger partial charge < -0.3 is 25.6 Å². The second-order valence-corrected chi connectivity index (χ2v) is 6.00. The molecule has 9 nitrogen and oxygen atoms in total.